The van der Waals surface area contributed by atoms with Crippen LogP contribution in [0.3, 0.4) is 0 Å². The number of carbonyl (C=O) groups is 1. The Morgan fingerprint density at radius 1 is 1.04 bits per heavy atom. The lowest BCUT2D eigenvalue weighted by molar-refractivity contribution is -0.136. The minimum absolute atomic E-state index is 0.0250. The van der Waals surface area contributed by atoms with Gasteiger partial charge < -0.3 is 9.88 Å². The second-order valence-corrected chi connectivity index (χ2v) is 8.02. The fraction of sp³-hybridized carbons (Fsp3) is 0.591. The molecule has 2 fully saturated rings. The molecule has 2 saturated heterocycles. The van der Waals surface area contributed by atoms with Crippen molar-refractivity contribution in [2.45, 2.75) is 57.4 Å². The van der Waals surface area contributed by atoms with E-state index >= 15 is 0 Å². The molecular weight excluding hydrogens is 322 g/mol. The van der Waals surface area contributed by atoms with E-state index in [9.17, 15) is 4.79 Å². The van der Waals surface area contributed by atoms with Gasteiger partial charge in [-0.25, -0.2) is 0 Å². The average molecular weight is 354 g/mol. The summed E-state index contributed by atoms with van der Waals surface area (Å²) in [6.45, 7) is 6.05. The predicted molar refractivity (Wildman–Crippen MR) is 106 cm³/mol. The number of para-hydroxylation sites is 1. The van der Waals surface area contributed by atoms with Gasteiger partial charge in [0.2, 0.25) is 5.91 Å². The molecule has 4 heteroatoms. The van der Waals surface area contributed by atoms with Crippen molar-refractivity contribution < 1.29 is 4.79 Å². The van der Waals surface area contributed by atoms with Crippen molar-refractivity contribution in [3.8, 4) is 0 Å². The Labute approximate surface area is 156 Å². The Balaban J connectivity index is 1.37. The van der Waals surface area contributed by atoms with Gasteiger partial charge in [-0.05, 0) is 63.2 Å². The summed E-state index contributed by atoms with van der Waals surface area (Å²) >= 11 is 0. The van der Waals surface area contributed by atoms with Crippen LogP contribution in [0.25, 0.3) is 10.9 Å². The number of carbonyl (C=O) groups excluding carboxylic acids is 1. The van der Waals surface area contributed by atoms with Gasteiger partial charge in [-0.1, -0.05) is 31.0 Å². The van der Waals surface area contributed by atoms with Crippen molar-refractivity contribution in [2.24, 2.45) is 0 Å². The van der Waals surface area contributed by atoms with E-state index in [-0.39, 0.29) is 6.04 Å². The molecule has 2 aliphatic rings. The maximum absolute atomic E-state index is 12.9. The van der Waals surface area contributed by atoms with E-state index in [1.165, 1.54) is 42.1 Å². The zero-order valence-corrected chi connectivity index (χ0v) is 15.9. The monoisotopic (exact) mass is 353 g/mol. The molecule has 0 radical (unpaired) electrons. The Hall–Kier alpha value is -1.81. The molecule has 0 saturated carbocycles. The molecule has 2 aromatic rings. The number of amides is 1. The van der Waals surface area contributed by atoms with Crippen LogP contribution in [0.5, 0.6) is 0 Å². The third-order valence-electron chi connectivity index (χ3n) is 6.41. The van der Waals surface area contributed by atoms with Gasteiger partial charge in [-0.2, -0.15) is 0 Å². The molecule has 2 aliphatic heterocycles. The van der Waals surface area contributed by atoms with Gasteiger partial charge >= 0.3 is 0 Å². The van der Waals surface area contributed by atoms with Crippen molar-refractivity contribution in [1.82, 2.24) is 14.8 Å². The number of hydrogen-bond acceptors (Lipinski definition) is 2. The number of H-pyrrole nitrogens is 1. The number of piperidine rings is 1. The number of rotatable bonds is 3. The molecule has 140 valence electrons. The van der Waals surface area contributed by atoms with Gasteiger partial charge in [-0.3, -0.25) is 9.69 Å². The normalized spacial score (nSPS) is 21.7. The van der Waals surface area contributed by atoms with Crippen LogP contribution < -0.4 is 0 Å². The van der Waals surface area contributed by atoms with Crippen LogP contribution in [0.2, 0.25) is 0 Å². The number of nitrogens with one attached hydrogen (secondary N) is 1. The lowest BCUT2D eigenvalue weighted by Gasteiger charge is -2.37. The average Bonchev–Trinajstić information content (AvgIpc) is 2.93. The molecule has 1 aromatic heterocycles. The highest BCUT2D eigenvalue weighted by Crippen LogP contribution is 2.33. The van der Waals surface area contributed by atoms with Gasteiger partial charge in [0.1, 0.15) is 0 Å². The molecule has 1 amide bonds. The summed E-state index contributed by atoms with van der Waals surface area (Å²) in [4.78, 5) is 20.8. The summed E-state index contributed by atoms with van der Waals surface area (Å²) in [5.74, 6) is 0.945. The van der Waals surface area contributed by atoms with Crippen LogP contribution in [-0.2, 0) is 4.79 Å². The van der Waals surface area contributed by atoms with Crippen LogP contribution in [0.1, 0.15) is 56.9 Å². The minimum Gasteiger partial charge on any atom is -0.361 e. The molecule has 1 atom stereocenters. The smallest absolute Gasteiger partial charge is 0.239 e. The van der Waals surface area contributed by atoms with E-state index in [2.05, 4.69) is 52.2 Å². The van der Waals surface area contributed by atoms with Crippen molar-refractivity contribution in [3.05, 3.63) is 36.0 Å². The quantitative estimate of drug-likeness (QED) is 0.901. The number of nitrogens with zero attached hydrogens (tertiary/aromatic N) is 2. The third-order valence-corrected chi connectivity index (χ3v) is 6.41. The Morgan fingerprint density at radius 3 is 2.46 bits per heavy atom. The first-order valence-electron chi connectivity index (χ1n) is 10.3. The third kappa shape index (κ3) is 3.52. The van der Waals surface area contributed by atoms with Crippen LogP contribution in [0, 0.1) is 0 Å². The lowest BCUT2D eigenvalue weighted by Crippen LogP contribution is -2.49. The fourth-order valence-electron chi connectivity index (χ4n) is 4.74. The summed E-state index contributed by atoms with van der Waals surface area (Å²) in [7, 11) is 0. The van der Waals surface area contributed by atoms with Gasteiger partial charge in [0.25, 0.3) is 0 Å². The molecule has 0 aliphatic carbocycles. The van der Waals surface area contributed by atoms with E-state index in [1.807, 2.05) is 0 Å². The van der Waals surface area contributed by atoms with Crippen molar-refractivity contribution in [2.75, 3.05) is 26.2 Å². The van der Waals surface area contributed by atoms with Crippen LogP contribution >= 0.6 is 0 Å². The molecule has 3 heterocycles. The first kappa shape index (κ1) is 17.6. The maximum Gasteiger partial charge on any atom is 0.239 e. The van der Waals surface area contributed by atoms with E-state index < -0.39 is 0 Å². The number of fused-ring (bicyclic) bond motifs is 1. The standard InChI is InChI=1S/C22H31N3O/c1-17(22(26)25-12-6-2-3-7-13-25)24-14-10-18(11-15-24)20-16-23-21-9-5-4-8-19(20)21/h4-5,8-9,16-18,23H,2-3,6-7,10-15H2,1H3. The number of likely N-dealkylation sites (tertiary alicyclic amines) is 2. The van der Waals surface area contributed by atoms with E-state index in [0.29, 0.717) is 11.8 Å². The van der Waals surface area contributed by atoms with Crippen LogP contribution in [0.15, 0.2) is 30.5 Å². The number of aromatic amines is 1. The van der Waals surface area contributed by atoms with Crippen LogP contribution in [0.4, 0.5) is 0 Å². The molecule has 4 nitrogen and oxygen atoms in total. The van der Waals surface area contributed by atoms with Crippen LogP contribution in [-0.4, -0.2) is 52.9 Å². The second kappa shape index (κ2) is 7.83. The van der Waals surface area contributed by atoms with Gasteiger partial charge in [0, 0.05) is 30.2 Å². The molecule has 0 bridgehead atoms. The number of aromatic nitrogens is 1. The largest absolute Gasteiger partial charge is 0.361 e. The molecule has 4 rings (SSSR count). The SMILES string of the molecule is CC(C(=O)N1CCCCCC1)N1CCC(c2c[nH]c3ccccc23)CC1. The summed E-state index contributed by atoms with van der Waals surface area (Å²) < 4.78 is 0. The molecule has 0 spiro atoms. The van der Waals surface area contributed by atoms with Gasteiger partial charge in [-0.15, -0.1) is 0 Å². The molecule has 1 aromatic carbocycles. The Bertz CT molecular complexity index is 737. The molecular formula is C22H31N3O. The van der Waals surface area contributed by atoms with E-state index in [4.69, 9.17) is 0 Å². The fourth-order valence-corrected chi connectivity index (χ4v) is 4.74. The lowest BCUT2D eigenvalue weighted by atomic mass is 9.88. The van der Waals surface area contributed by atoms with Gasteiger partial charge in [0.15, 0.2) is 0 Å². The zero-order valence-electron chi connectivity index (χ0n) is 15.9. The number of hydrogen-bond donors (Lipinski definition) is 1. The van der Waals surface area contributed by atoms with Crippen molar-refractivity contribution in [1.29, 1.82) is 0 Å². The first-order valence-corrected chi connectivity index (χ1v) is 10.3. The first-order chi connectivity index (χ1) is 12.7. The Kier molecular flexibility index (Phi) is 5.30. The molecule has 26 heavy (non-hydrogen) atoms. The minimum atomic E-state index is 0.0250. The van der Waals surface area contributed by atoms with E-state index in [0.717, 1.165) is 39.0 Å². The van der Waals surface area contributed by atoms with Gasteiger partial charge in [0.05, 0.1) is 6.04 Å². The van der Waals surface area contributed by atoms with Crippen molar-refractivity contribution >= 4 is 16.8 Å². The van der Waals surface area contributed by atoms with Crippen molar-refractivity contribution in [3.63, 3.8) is 0 Å². The molecule has 1 N–H and O–H groups in total. The summed E-state index contributed by atoms with van der Waals surface area (Å²) in [5.41, 5.74) is 2.68. The molecule has 1 unspecified atom stereocenters. The highest BCUT2D eigenvalue weighted by molar-refractivity contribution is 5.83. The Morgan fingerprint density at radius 2 is 1.73 bits per heavy atom. The highest BCUT2D eigenvalue weighted by Gasteiger charge is 2.30. The van der Waals surface area contributed by atoms with E-state index in [1.54, 1.807) is 0 Å². The number of benzene rings is 1. The zero-order chi connectivity index (χ0) is 17.9. The predicted octanol–water partition coefficient (Wildman–Crippen LogP) is 4.14. The second-order valence-electron chi connectivity index (χ2n) is 8.02. The summed E-state index contributed by atoms with van der Waals surface area (Å²) in [6, 6.07) is 8.60. The highest BCUT2D eigenvalue weighted by atomic mass is 16.2. The summed E-state index contributed by atoms with van der Waals surface area (Å²) in [6.07, 6.45) is 9.35. The summed E-state index contributed by atoms with van der Waals surface area (Å²) in [5, 5.41) is 1.36. The topological polar surface area (TPSA) is 39.3 Å². The maximum atomic E-state index is 12.9.